The van der Waals surface area contributed by atoms with Gasteiger partial charge in [-0.15, -0.1) is 0 Å². The first-order chi connectivity index (χ1) is 8.34. The van der Waals surface area contributed by atoms with Gasteiger partial charge in [-0.05, 0) is 32.4 Å². The molecule has 0 bridgehead atoms. The molecule has 5 heteroatoms. The SMILES string of the molecule is Cc1occc1-c1noc([C@H]2CCCNC2)n1. The van der Waals surface area contributed by atoms with Gasteiger partial charge in [0.15, 0.2) is 0 Å². The average molecular weight is 233 g/mol. The summed E-state index contributed by atoms with van der Waals surface area (Å²) < 4.78 is 10.6. The van der Waals surface area contributed by atoms with E-state index in [0.29, 0.717) is 11.7 Å². The number of hydrogen-bond acceptors (Lipinski definition) is 5. The number of aryl methyl sites for hydroxylation is 1. The topological polar surface area (TPSA) is 64.1 Å². The third-order valence-electron chi connectivity index (χ3n) is 3.19. The molecule has 3 heterocycles. The van der Waals surface area contributed by atoms with Crippen molar-refractivity contribution in [3.05, 3.63) is 24.0 Å². The molecule has 1 aliphatic rings. The number of nitrogens with zero attached hydrogens (tertiary/aromatic N) is 2. The first-order valence-corrected chi connectivity index (χ1v) is 5.93. The Morgan fingerprint density at radius 3 is 3.12 bits per heavy atom. The molecule has 17 heavy (non-hydrogen) atoms. The molecule has 2 aromatic heterocycles. The molecule has 0 spiro atoms. The van der Waals surface area contributed by atoms with Crippen molar-refractivity contribution in [2.75, 3.05) is 13.1 Å². The lowest BCUT2D eigenvalue weighted by molar-refractivity contribution is 0.322. The van der Waals surface area contributed by atoms with Crippen LogP contribution in [0, 0.1) is 6.92 Å². The Balaban J connectivity index is 1.85. The van der Waals surface area contributed by atoms with Gasteiger partial charge in [0.25, 0.3) is 0 Å². The zero-order chi connectivity index (χ0) is 11.7. The van der Waals surface area contributed by atoms with E-state index in [1.807, 2.05) is 13.0 Å². The van der Waals surface area contributed by atoms with Crippen LogP contribution in [0.5, 0.6) is 0 Å². The minimum atomic E-state index is 0.345. The number of hydrogen-bond donors (Lipinski definition) is 1. The predicted molar refractivity (Wildman–Crippen MR) is 61.6 cm³/mol. The third-order valence-corrected chi connectivity index (χ3v) is 3.19. The number of nitrogens with one attached hydrogen (secondary N) is 1. The number of piperidine rings is 1. The van der Waals surface area contributed by atoms with Gasteiger partial charge in [-0.25, -0.2) is 0 Å². The highest BCUT2D eigenvalue weighted by atomic mass is 16.5. The highest BCUT2D eigenvalue weighted by molar-refractivity contribution is 5.56. The lowest BCUT2D eigenvalue weighted by Gasteiger charge is -2.18. The summed E-state index contributed by atoms with van der Waals surface area (Å²) in [7, 11) is 0. The van der Waals surface area contributed by atoms with Crippen molar-refractivity contribution in [3.8, 4) is 11.4 Å². The fourth-order valence-corrected chi connectivity index (χ4v) is 2.19. The summed E-state index contributed by atoms with van der Waals surface area (Å²) in [6.07, 6.45) is 3.91. The largest absolute Gasteiger partial charge is 0.469 e. The van der Waals surface area contributed by atoms with Gasteiger partial charge in [-0.3, -0.25) is 0 Å². The Morgan fingerprint density at radius 1 is 1.47 bits per heavy atom. The number of aromatic nitrogens is 2. The van der Waals surface area contributed by atoms with Gasteiger partial charge in [-0.1, -0.05) is 5.16 Å². The molecule has 1 atom stereocenters. The molecule has 0 amide bonds. The zero-order valence-corrected chi connectivity index (χ0v) is 9.77. The number of furan rings is 1. The maximum atomic E-state index is 5.34. The van der Waals surface area contributed by atoms with Gasteiger partial charge in [0.2, 0.25) is 11.7 Å². The van der Waals surface area contributed by atoms with Gasteiger partial charge in [-0.2, -0.15) is 4.98 Å². The van der Waals surface area contributed by atoms with Crippen molar-refractivity contribution in [2.24, 2.45) is 0 Å². The molecule has 1 aliphatic heterocycles. The van der Waals surface area contributed by atoms with Crippen molar-refractivity contribution < 1.29 is 8.94 Å². The molecule has 1 fully saturated rings. The monoisotopic (exact) mass is 233 g/mol. The van der Waals surface area contributed by atoms with Crippen LogP contribution in [0.2, 0.25) is 0 Å². The van der Waals surface area contributed by atoms with Crippen LogP contribution in [0.3, 0.4) is 0 Å². The summed E-state index contributed by atoms with van der Waals surface area (Å²) >= 11 is 0. The van der Waals surface area contributed by atoms with E-state index in [1.54, 1.807) is 6.26 Å². The molecule has 0 aromatic carbocycles. The fraction of sp³-hybridized carbons (Fsp3) is 0.500. The van der Waals surface area contributed by atoms with Crippen molar-refractivity contribution in [1.82, 2.24) is 15.5 Å². The fourth-order valence-electron chi connectivity index (χ4n) is 2.19. The first kappa shape index (κ1) is 10.5. The van der Waals surface area contributed by atoms with Crippen LogP contribution in [-0.2, 0) is 0 Å². The Hall–Kier alpha value is -1.62. The average Bonchev–Trinajstić information content (AvgIpc) is 2.98. The van der Waals surface area contributed by atoms with Crippen LogP contribution in [0.15, 0.2) is 21.3 Å². The zero-order valence-electron chi connectivity index (χ0n) is 9.77. The summed E-state index contributed by atoms with van der Waals surface area (Å²) in [5.74, 6) is 2.51. The molecule has 5 nitrogen and oxygen atoms in total. The Labute approximate surface area is 99.2 Å². The normalized spacial score (nSPS) is 20.6. The van der Waals surface area contributed by atoms with Crippen molar-refractivity contribution in [2.45, 2.75) is 25.7 Å². The van der Waals surface area contributed by atoms with Crippen LogP contribution in [-0.4, -0.2) is 23.2 Å². The van der Waals surface area contributed by atoms with Crippen LogP contribution in [0.4, 0.5) is 0 Å². The van der Waals surface area contributed by atoms with E-state index in [9.17, 15) is 0 Å². The molecule has 2 aromatic rings. The highest BCUT2D eigenvalue weighted by Gasteiger charge is 2.22. The summed E-state index contributed by atoms with van der Waals surface area (Å²) in [4.78, 5) is 4.46. The second-order valence-corrected chi connectivity index (χ2v) is 4.39. The summed E-state index contributed by atoms with van der Waals surface area (Å²) in [6, 6.07) is 1.86. The molecular weight excluding hydrogens is 218 g/mol. The molecule has 1 N–H and O–H groups in total. The van der Waals surface area contributed by atoms with Gasteiger partial charge in [0.1, 0.15) is 5.76 Å². The Morgan fingerprint density at radius 2 is 2.41 bits per heavy atom. The van der Waals surface area contributed by atoms with E-state index in [1.165, 1.54) is 0 Å². The molecule has 0 unspecified atom stereocenters. The van der Waals surface area contributed by atoms with E-state index in [4.69, 9.17) is 8.94 Å². The summed E-state index contributed by atoms with van der Waals surface area (Å²) in [5, 5.41) is 7.36. The number of rotatable bonds is 2. The van der Waals surface area contributed by atoms with E-state index in [2.05, 4.69) is 15.5 Å². The molecule has 0 radical (unpaired) electrons. The second kappa shape index (κ2) is 4.33. The lowest BCUT2D eigenvalue weighted by Crippen LogP contribution is -2.28. The van der Waals surface area contributed by atoms with Gasteiger partial charge in [0.05, 0.1) is 17.7 Å². The molecule has 0 saturated carbocycles. The third kappa shape index (κ3) is 1.98. The maximum absolute atomic E-state index is 5.34. The van der Waals surface area contributed by atoms with Crippen molar-refractivity contribution in [3.63, 3.8) is 0 Å². The molecule has 90 valence electrons. The first-order valence-electron chi connectivity index (χ1n) is 5.93. The molecular formula is C12H15N3O2. The second-order valence-electron chi connectivity index (χ2n) is 4.39. The molecule has 0 aliphatic carbocycles. The van der Waals surface area contributed by atoms with Crippen LogP contribution >= 0.6 is 0 Å². The smallest absolute Gasteiger partial charge is 0.231 e. The van der Waals surface area contributed by atoms with E-state index in [-0.39, 0.29) is 0 Å². The van der Waals surface area contributed by atoms with Gasteiger partial charge < -0.3 is 14.3 Å². The van der Waals surface area contributed by atoms with Crippen LogP contribution in [0.1, 0.15) is 30.4 Å². The van der Waals surface area contributed by atoms with Crippen LogP contribution < -0.4 is 5.32 Å². The Kier molecular flexibility index (Phi) is 2.68. The summed E-state index contributed by atoms with van der Waals surface area (Å²) in [6.45, 7) is 3.90. The lowest BCUT2D eigenvalue weighted by atomic mass is 10.00. The van der Waals surface area contributed by atoms with Gasteiger partial charge in [0, 0.05) is 6.54 Å². The standard InChI is InChI=1S/C12H15N3O2/c1-8-10(4-6-16-8)11-14-12(17-15-11)9-3-2-5-13-7-9/h4,6,9,13H,2-3,5,7H2,1H3/t9-/m0/s1. The van der Waals surface area contributed by atoms with E-state index >= 15 is 0 Å². The van der Waals surface area contributed by atoms with E-state index in [0.717, 1.165) is 43.1 Å². The van der Waals surface area contributed by atoms with Gasteiger partial charge >= 0.3 is 0 Å². The van der Waals surface area contributed by atoms with Crippen LogP contribution in [0.25, 0.3) is 11.4 Å². The molecule has 3 rings (SSSR count). The maximum Gasteiger partial charge on any atom is 0.231 e. The summed E-state index contributed by atoms with van der Waals surface area (Å²) in [5.41, 5.74) is 0.906. The minimum Gasteiger partial charge on any atom is -0.469 e. The highest BCUT2D eigenvalue weighted by Crippen LogP contribution is 2.26. The van der Waals surface area contributed by atoms with Crippen molar-refractivity contribution in [1.29, 1.82) is 0 Å². The van der Waals surface area contributed by atoms with E-state index < -0.39 is 0 Å². The quantitative estimate of drug-likeness (QED) is 0.860. The minimum absolute atomic E-state index is 0.345. The molecule has 1 saturated heterocycles. The van der Waals surface area contributed by atoms with Crippen molar-refractivity contribution >= 4 is 0 Å². The Bertz CT molecular complexity index is 497. The predicted octanol–water partition coefficient (Wildman–Crippen LogP) is 2.11.